The van der Waals surface area contributed by atoms with Crippen molar-refractivity contribution in [3.05, 3.63) is 0 Å². The van der Waals surface area contributed by atoms with Crippen molar-refractivity contribution in [3.8, 4) is 0 Å². The van der Waals surface area contributed by atoms with E-state index in [4.69, 9.17) is 0 Å². The number of alkyl halides is 6. The number of hydrogen-bond acceptors (Lipinski definition) is 8. The van der Waals surface area contributed by atoms with Gasteiger partial charge in [-0.15, -0.1) is 0 Å². The summed E-state index contributed by atoms with van der Waals surface area (Å²) in [5.74, 6) is -7.42. The van der Waals surface area contributed by atoms with Crippen LogP contribution in [0, 0.1) is 46.8 Å². The summed E-state index contributed by atoms with van der Waals surface area (Å²) in [5.41, 5.74) is -5.85. The van der Waals surface area contributed by atoms with Crippen molar-refractivity contribution < 1.29 is 63.2 Å². The van der Waals surface area contributed by atoms with Gasteiger partial charge in [0, 0.05) is 43.9 Å². The molecule has 0 aliphatic heterocycles. The van der Waals surface area contributed by atoms with Crippen molar-refractivity contribution in [2.75, 3.05) is 5.75 Å². The lowest BCUT2D eigenvalue weighted by atomic mass is 9.46. The van der Waals surface area contributed by atoms with Crippen LogP contribution in [0.25, 0.3) is 0 Å². The summed E-state index contributed by atoms with van der Waals surface area (Å²) in [6.07, 6.45) is -11.4. The van der Waals surface area contributed by atoms with E-state index in [1.807, 2.05) is 6.92 Å². The van der Waals surface area contributed by atoms with Gasteiger partial charge in [0.25, 0.3) is 0 Å². The summed E-state index contributed by atoms with van der Waals surface area (Å²) in [6, 6.07) is 0. The molecule has 0 spiro atoms. The molecular weight excluding hydrogens is 598 g/mol. The lowest BCUT2D eigenvalue weighted by Gasteiger charge is -2.56. The maximum atomic E-state index is 13.5. The molecule has 0 saturated heterocycles. The van der Waals surface area contributed by atoms with Gasteiger partial charge >= 0.3 is 23.9 Å². The zero-order valence-corrected chi connectivity index (χ0v) is 23.9. The van der Waals surface area contributed by atoms with Crippen LogP contribution in [0.4, 0.5) is 26.3 Å². The highest BCUT2D eigenvalue weighted by molar-refractivity contribution is 7.85. The molecule has 4 rings (SSSR count). The number of fused-ring (bicyclic) bond motifs is 5. The second-order valence-corrected chi connectivity index (χ2v) is 14.3. The van der Waals surface area contributed by atoms with Crippen LogP contribution >= 0.6 is 0 Å². The van der Waals surface area contributed by atoms with E-state index in [1.165, 1.54) is 0 Å². The maximum Gasteiger partial charge on any atom is 0.438 e. The summed E-state index contributed by atoms with van der Waals surface area (Å²) in [5, 5.41) is 0. The first kappa shape index (κ1) is 32.9. The molecule has 0 heterocycles. The highest BCUT2D eigenvalue weighted by Crippen LogP contribution is 2.62. The van der Waals surface area contributed by atoms with Crippen LogP contribution in [0.3, 0.4) is 0 Å². The molecule has 8 unspecified atom stereocenters. The molecule has 4 saturated carbocycles. The minimum absolute atomic E-state index is 0.0144. The Labute approximate surface area is 239 Å². The summed E-state index contributed by atoms with van der Waals surface area (Å²) >= 11 is 0. The summed E-state index contributed by atoms with van der Waals surface area (Å²) in [4.78, 5) is 51.2. The average Bonchev–Trinajstić information content (AvgIpc) is 3.27. The first-order chi connectivity index (χ1) is 19.1. The molecule has 4 aliphatic rings. The van der Waals surface area contributed by atoms with Crippen LogP contribution in [0.1, 0.15) is 71.6 Å². The molecule has 0 amide bonds. The third kappa shape index (κ3) is 5.75. The van der Waals surface area contributed by atoms with E-state index in [0.29, 0.717) is 32.1 Å². The number of Topliss-reactive ketones (excluding diaryl/α,β-unsaturated/α-hetero) is 3. The predicted octanol–water partition coefficient (Wildman–Crippen LogP) is 4.55. The second kappa shape index (κ2) is 10.8. The van der Waals surface area contributed by atoms with Gasteiger partial charge in [-0.05, 0) is 60.7 Å². The third-order valence-corrected chi connectivity index (χ3v) is 11.3. The van der Waals surface area contributed by atoms with E-state index in [-0.39, 0.29) is 71.6 Å². The minimum Gasteiger partial charge on any atom is -0.748 e. The zero-order valence-electron chi connectivity index (χ0n) is 23.1. The SMILES string of the molecule is CC(CCC(=O)OC(CS(=O)(=O)[O-])(C(F)(F)F)C(F)(F)F)C1CCC2C1C(=O)CC1C2C(=O)CC2CC(=O)CCC21C. The highest BCUT2D eigenvalue weighted by atomic mass is 32.2. The number of ketones is 3. The Kier molecular flexibility index (Phi) is 8.49. The molecule has 0 aromatic heterocycles. The number of esters is 1. The molecule has 15 heteroatoms. The first-order valence-corrected chi connectivity index (χ1v) is 15.5. The molecule has 0 radical (unpaired) electrons. The number of rotatable bonds is 7. The van der Waals surface area contributed by atoms with Crippen LogP contribution in [-0.4, -0.2) is 60.0 Å². The fourth-order valence-electron chi connectivity index (χ4n) is 8.38. The second-order valence-electron chi connectivity index (χ2n) is 12.9. The van der Waals surface area contributed by atoms with Gasteiger partial charge in [0.1, 0.15) is 17.3 Å². The normalized spacial score (nSPS) is 34.8. The fourth-order valence-corrected chi connectivity index (χ4v) is 9.27. The monoisotopic (exact) mass is 631 g/mol. The van der Waals surface area contributed by atoms with Crippen LogP contribution in [0.15, 0.2) is 0 Å². The summed E-state index contributed by atoms with van der Waals surface area (Å²) in [6.45, 7) is 3.65. The largest absolute Gasteiger partial charge is 0.748 e. The van der Waals surface area contributed by atoms with Crippen molar-refractivity contribution in [2.24, 2.45) is 46.8 Å². The van der Waals surface area contributed by atoms with Crippen molar-refractivity contribution >= 4 is 33.4 Å². The smallest absolute Gasteiger partial charge is 0.438 e. The van der Waals surface area contributed by atoms with Gasteiger partial charge in [0.2, 0.25) is 0 Å². The van der Waals surface area contributed by atoms with Gasteiger partial charge in [-0.3, -0.25) is 19.2 Å². The first-order valence-electron chi connectivity index (χ1n) is 14.0. The highest BCUT2D eigenvalue weighted by Gasteiger charge is 2.75. The molecule has 0 bridgehead atoms. The molecule has 0 N–H and O–H groups in total. The average molecular weight is 632 g/mol. The van der Waals surface area contributed by atoms with Gasteiger partial charge in [-0.2, -0.15) is 26.3 Å². The number of halogens is 6. The fraction of sp³-hybridized carbons (Fsp3) is 0.852. The minimum atomic E-state index is -6.44. The van der Waals surface area contributed by atoms with E-state index in [2.05, 4.69) is 4.74 Å². The van der Waals surface area contributed by atoms with Crippen LogP contribution in [-0.2, 0) is 34.0 Å². The van der Waals surface area contributed by atoms with E-state index in [1.54, 1.807) is 6.92 Å². The Bertz CT molecular complexity index is 1230. The van der Waals surface area contributed by atoms with E-state index in [9.17, 15) is 58.5 Å². The Balaban J connectivity index is 1.47. The summed E-state index contributed by atoms with van der Waals surface area (Å²) in [7, 11) is -6.14. The number of carbonyl (C=O) groups is 4. The number of ether oxygens (including phenoxy) is 1. The zero-order chi connectivity index (χ0) is 31.6. The molecule has 4 aliphatic carbocycles. The Morgan fingerprint density at radius 3 is 2.17 bits per heavy atom. The van der Waals surface area contributed by atoms with Crippen LogP contribution in [0.5, 0.6) is 0 Å². The molecular formula is C27H33F6O8S-. The standard InChI is InChI=1S/C27H34F6O8S/c1-13(3-6-21(37)41-25(26(28,29)30,27(31,32)33)12-42(38,39)40)16-4-5-17-22(16)20(36)11-18-23(17)19(35)10-14-9-15(34)7-8-24(14,18)2/h13-14,16-18,22-23H,3-12H2,1-2H3,(H,38,39,40)/p-1. The van der Waals surface area contributed by atoms with Crippen LogP contribution < -0.4 is 0 Å². The molecule has 0 aromatic carbocycles. The number of carbonyl (C=O) groups excluding carboxylic acids is 4. The predicted molar refractivity (Wildman–Crippen MR) is 130 cm³/mol. The van der Waals surface area contributed by atoms with Gasteiger partial charge in [0.15, 0.2) is 0 Å². The Morgan fingerprint density at radius 1 is 1.00 bits per heavy atom. The topological polar surface area (TPSA) is 135 Å². The lowest BCUT2D eigenvalue weighted by Crippen LogP contribution is -2.63. The van der Waals surface area contributed by atoms with Gasteiger partial charge in [-0.1, -0.05) is 13.8 Å². The molecule has 42 heavy (non-hydrogen) atoms. The molecule has 8 atom stereocenters. The van der Waals surface area contributed by atoms with Crippen molar-refractivity contribution in [1.29, 1.82) is 0 Å². The Morgan fingerprint density at radius 2 is 1.60 bits per heavy atom. The van der Waals surface area contributed by atoms with Gasteiger partial charge in [0.05, 0.1) is 15.9 Å². The van der Waals surface area contributed by atoms with E-state index < -0.39 is 58.1 Å². The lowest BCUT2D eigenvalue weighted by molar-refractivity contribution is -0.361. The van der Waals surface area contributed by atoms with Crippen molar-refractivity contribution in [3.63, 3.8) is 0 Å². The van der Waals surface area contributed by atoms with Crippen molar-refractivity contribution in [1.82, 2.24) is 0 Å². The molecule has 0 aromatic rings. The molecule has 8 nitrogen and oxygen atoms in total. The molecule has 238 valence electrons. The third-order valence-electron chi connectivity index (χ3n) is 10.6. The Hall–Kier alpha value is -2.03. The molecule has 4 fully saturated rings. The van der Waals surface area contributed by atoms with Crippen LogP contribution in [0.2, 0.25) is 0 Å². The maximum absolute atomic E-state index is 13.5. The van der Waals surface area contributed by atoms with E-state index in [0.717, 1.165) is 0 Å². The quantitative estimate of drug-likeness (QED) is 0.227. The number of hydrogen-bond donors (Lipinski definition) is 0. The van der Waals surface area contributed by atoms with Gasteiger partial charge < -0.3 is 9.29 Å². The van der Waals surface area contributed by atoms with E-state index >= 15 is 0 Å². The summed E-state index contributed by atoms with van der Waals surface area (Å²) < 4.78 is 117. The van der Waals surface area contributed by atoms with Crippen molar-refractivity contribution in [2.45, 2.75) is 89.6 Å². The van der Waals surface area contributed by atoms with Gasteiger partial charge in [-0.25, -0.2) is 8.42 Å².